The molecule has 0 bridgehead atoms. The summed E-state index contributed by atoms with van der Waals surface area (Å²) in [7, 11) is 1.36. The van der Waals surface area contributed by atoms with Crippen LogP contribution in [0.1, 0.15) is 28.7 Å². The van der Waals surface area contributed by atoms with Crippen molar-refractivity contribution in [2.75, 3.05) is 26.9 Å². The molecule has 0 unspecified atom stereocenters. The average molecular weight is 772 g/mol. The molecule has 0 aromatic heterocycles. The fourth-order valence-electron chi connectivity index (χ4n) is 7.69. The van der Waals surface area contributed by atoms with Gasteiger partial charge >= 0.3 is 0 Å². The molecule has 0 amide bonds. The lowest BCUT2D eigenvalue weighted by Gasteiger charge is -2.34. The molecule has 7 rings (SSSR count). The molecule has 0 radical (unpaired) electrons. The number of aliphatic hydroxyl groups is 3. The molecular weight excluding hydrogens is 718 g/mol. The first-order valence-electron chi connectivity index (χ1n) is 19.3. The minimum Gasteiger partial charge on any atom is -0.388 e. The van der Waals surface area contributed by atoms with Gasteiger partial charge in [-0.3, -0.25) is 4.84 Å². The van der Waals surface area contributed by atoms with E-state index >= 15 is 0 Å². The molecule has 0 saturated carbocycles. The van der Waals surface area contributed by atoms with Gasteiger partial charge < -0.3 is 48.5 Å². The van der Waals surface area contributed by atoms with E-state index in [9.17, 15) is 15.3 Å². The van der Waals surface area contributed by atoms with Gasteiger partial charge in [-0.05, 0) is 28.7 Å². The summed E-state index contributed by atoms with van der Waals surface area (Å²) in [5.41, 5.74) is 4.16. The second-order valence-corrected chi connectivity index (χ2v) is 14.5. The minimum atomic E-state index is -1.32. The van der Waals surface area contributed by atoms with Gasteiger partial charge in [-0.2, -0.15) is 5.06 Å². The lowest BCUT2D eigenvalue weighted by molar-refractivity contribution is -0.227. The van der Waals surface area contributed by atoms with Gasteiger partial charge in [-0.1, -0.05) is 121 Å². The molecule has 0 spiro atoms. The highest BCUT2D eigenvalue weighted by Gasteiger charge is 2.58. The Labute approximate surface area is 328 Å². The van der Waals surface area contributed by atoms with Crippen LogP contribution < -0.4 is 0 Å². The third kappa shape index (κ3) is 10.3. The lowest BCUT2D eigenvalue weighted by atomic mass is 10.00. The zero-order chi connectivity index (χ0) is 38.7. The highest BCUT2D eigenvalue weighted by Crippen LogP contribution is 2.41. The number of methoxy groups -OCH3 is 1. The molecule has 3 aliphatic rings. The summed E-state index contributed by atoms with van der Waals surface area (Å²) in [5, 5.41) is 33.4. The van der Waals surface area contributed by atoms with Crippen LogP contribution in [0.15, 0.2) is 121 Å². The number of hydrogen-bond acceptors (Lipinski definition) is 12. The Hall–Kier alpha value is -3.60. The van der Waals surface area contributed by atoms with Crippen LogP contribution in [0, 0.1) is 0 Å². The van der Waals surface area contributed by atoms with E-state index in [4.69, 9.17) is 38.0 Å². The average Bonchev–Trinajstić information content (AvgIpc) is 3.87. The van der Waals surface area contributed by atoms with Crippen molar-refractivity contribution in [3.63, 3.8) is 0 Å². The van der Waals surface area contributed by atoms with Crippen molar-refractivity contribution in [3.8, 4) is 0 Å². The van der Waals surface area contributed by atoms with Gasteiger partial charge in [-0.15, -0.1) is 0 Å². The molecule has 12 heteroatoms. The fraction of sp³-hybridized carbons (Fsp3) is 0.455. The second kappa shape index (κ2) is 20.2. The van der Waals surface area contributed by atoms with Crippen LogP contribution >= 0.6 is 0 Å². The Bertz CT molecular complexity index is 1710. The van der Waals surface area contributed by atoms with E-state index < -0.39 is 55.1 Å². The zero-order valence-corrected chi connectivity index (χ0v) is 31.6. The number of hydroxylamine groups is 2. The molecule has 0 aliphatic carbocycles. The number of fused-ring (bicyclic) bond motifs is 1. The van der Waals surface area contributed by atoms with E-state index in [2.05, 4.69) is 0 Å². The van der Waals surface area contributed by atoms with E-state index in [1.54, 1.807) is 0 Å². The van der Waals surface area contributed by atoms with E-state index in [1.165, 1.54) is 7.11 Å². The minimum absolute atomic E-state index is 0.147. The Morgan fingerprint density at radius 2 is 1.20 bits per heavy atom. The van der Waals surface area contributed by atoms with Gasteiger partial charge in [-0.25, -0.2) is 0 Å². The van der Waals surface area contributed by atoms with Crippen LogP contribution in [0.3, 0.4) is 0 Å². The Balaban J connectivity index is 1.12. The quantitative estimate of drug-likeness (QED) is 0.119. The molecule has 4 aromatic rings. The topological polar surface area (TPSA) is 138 Å². The van der Waals surface area contributed by atoms with Gasteiger partial charge in [0.1, 0.15) is 48.8 Å². The molecule has 3 N–H and O–H groups in total. The zero-order valence-electron chi connectivity index (χ0n) is 31.6. The summed E-state index contributed by atoms with van der Waals surface area (Å²) in [4.78, 5) is 6.73. The van der Waals surface area contributed by atoms with Crippen molar-refractivity contribution in [1.29, 1.82) is 0 Å². The van der Waals surface area contributed by atoms with Gasteiger partial charge in [0.2, 0.25) is 0 Å². The van der Waals surface area contributed by atoms with Crippen molar-refractivity contribution in [1.82, 2.24) is 5.06 Å². The second-order valence-electron chi connectivity index (χ2n) is 14.5. The van der Waals surface area contributed by atoms with Crippen LogP contribution in [-0.2, 0) is 64.4 Å². The third-order valence-electron chi connectivity index (χ3n) is 10.5. The first-order chi connectivity index (χ1) is 27.5. The third-order valence-corrected chi connectivity index (χ3v) is 10.5. The summed E-state index contributed by atoms with van der Waals surface area (Å²) in [6.07, 6.45) is -7.10. The number of rotatable bonds is 20. The monoisotopic (exact) mass is 771 g/mol. The molecular formula is C44H53NO11. The maximum atomic E-state index is 10.8. The Morgan fingerprint density at radius 1 is 0.661 bits per heavy atom. The maximum Gasteiger partial charge on any atom is 0.186 e. The number of aliphatic hydroxyl groups excluding tert-OH is 3. The van der Waals surface area contributed by atoms with Gasteiger partial charge in [0.15, 0.2) is 6.29 Å². The van der Waals surface area contributed by atoms with E-state index in [0.29, 0.717) is 32.8 Å². The van der Waals surface area contributed by atoms with Gasteiger partial charge in [0, 0.05) is 7.11 Å². The van der Waals surface area contributed by atoms with Crippen LogP contribution in [0.4, 0.5) is 0 Å². The van der Waals surface area contributed by atoms with E-state index in [-0.39, 0.29) is 32.0 Å². The molecule has 3 saturated heterocycles. The summed E-state index contributed by atoms with van der Waals surface area (Å²) < 4.78 is 43.4. The SMILES string of the molecule is CO[C@H]1O[C@@H]([C@H](O)COC[C@@H]2C[C@H]3[C@H](OCc4ccccc4)[C@@H](OCc4ccccc4)[C@H]([C@@H](COCc4ccccc4)OCc4ccccc4)N3O2)[C@H](O)[C@H]1O. The van der Waals surface area contributed by atoms with E-state index in [0.717, 1.165) is 22.3 Å². The molecule has 11 atom stereocenters. The number of nitrogens with zero attached hydrogens (tertiary/aromatic N) is 1. The van der Waals surface area contributed by atoms with Crippen LogP contribution in [-0.4, -0.2) is 115 Å². The summed E-state index contributed by atoms with van der Waals surface area (Å²) >= 11 is 0. The van der Waals surface area contributed by atoms with Crippen molar-refractivity contribution in [2.45, 2.75) is 100 Å². The van der Waals surface area contributed by atoms with E-state index in [1.807, 2.05) is 126 Å². The number of ether oxygens (including phenoxy) is 7. The van der Waals surface area contributed by atoms with Crippen LogP contribution in [0.2, 0.25) is 0 Å². The summed E-state index contributed by atoms with van der Waals surface area (Å²) in [5.74, 6) is 0. The van der Waals surface area contributed by atoms with Crippen LogP contribution in [0.25, 0.3) is 0 Å². The Morgan fingerprint density at radius 3 is 1.75 bits per heavy atom. The van der Waals surface area contributed by atoms with Crippen molar-refractivity contribution in [3.05, 3.63) is 144 Å². The van der Waals surface area contributed by atoms with Crippen molar-refractivity contribution < 1.29 is 53.3 Å². The van der Waals surface area contributed by atoms with Crippen LogP contribution in [0.5, 0.6) is 0 Å². The largest absolute Gasteiger partial charge is 0.388 e. The summed E-state index contributed by atoms with van der Waals surface area (Å²) in [6.45, 7) is 1.77. The normalized spacial score (nSPS) is 28.7. The molecule has 3 aliphatic heterocycles. The van der Waals surface area contributed by atoms with Crippen molar-refractivity contribution in [2.24, 2.45) is 0 Å². The molecule has 12 nitrogen and oxygen atoms in total. The Kier molecular flexibility index (Phi) is 14.6. The smallest absolute Gasteiger partial charge is 0.186 e. The molecule has 3 fully saturated rings. The standard InChI is InChI=1S/C44H53NO11/c1-49-44-40(48)39(47)42(55-44)36(46)28-51-27-34-22-35-41(53-25-32-18-10-4-11-19-32)43(54-26-33-20-12-5-13-21-33)38(45(35)56-34)37(52-24-31-16-8-3-9-17-31)29-50-23-30-14-6-2-7-15-30/h2-21,34-44,46-48H,22-29H2,1H3/t34-,35-,36+,37+,38-,39+,40+,41-,42-,43-,44-/m0/s1. The highest BCUT2D eigenvalue weighted by atomic mass is 16.7. The highest BCUT2D eigenvalue weighted by molar-refractivity contribution is 5.17. The molecule has 300 valence electrons. The number of benzene rings is 4. The fourth-order valence-corrected chi connectivity index (χ4v) is 7.69. The first-order valence-corrected chi connectivity index (χ1v) is 19.3. The molecule has 56 heavy (non-hydrogen) atoms. The molecule has 4 aromatic carbocycles. The predicted molar refractivity (Wildman–Crippen MR) is 205 cm³/mol. The number of hydrogen-bond donors (Lipinski definition) is 3. The van der Waals surface area contributed by atoms with Gasteiger partial charge in [0.05, 0.1) is 58.3 Å². The predicted octanol–water partition coefficient (Wildman–Crippen LogP) is 4.19. The molecule has 3 heterocycles. The lowest BCUT2D eigenvalue weighted by Crippen LogP contribution is -2.50. The summed E-state index contributed by atoms with van der Waals surface area (Å²) in [6, 6.07) is 39.5. The van der Waals surface area contributed by atoms with Gasteiger partial charge in [0.25, 0.3) is 0 Å². The van der Waals surface area contributed by atoms with Crippen molar-refractivity contribution >= 4 is 0 Å². The maximum absolute atomic E-state index is 10.8. The first kappa shape index (κ1) is 40.6.